The lowest BCUT2D eigenvalue weighted by Crippen LogP contribution is -2.45. The molecule has 1 aliphatic heterocycles. The van der Waals surface area contributed by atoms with Crippen molar-refractivity contribution in [1.29, 1.82) is 0 Å². The van der Waals surface area contributed by atoms with Crippen LogP contribution in [0.25, 0.3) is 22.5 Å². The van der Waals surface area contributed by atoms with Gasteiger partial charge in [0.1, 0.15) is 6.61 Å². The molecular formula is C39H43N5O5S2. The Labute approximate surface area is 304 Å². The van der Waals surface area contributed by atoms with E-state index in [0.29, 0.717) is 17.3 Å². The number of nitrogens with one attached hydrogen (secondary N) is 1. The highest BCUT2D eigenvalue weighted by Gasteiger charge is 2.31. The Bertz CT molecular complexity index is 2140. The van der Waals surface area contributed by atoms with Crippen molar-refractivity contribution in [3.05, 3.63) is 100 Å². The summed E-state index contributed by atoms with van der Waals surface area (Å²) in [6.45, 7) is 14.6. The lowest BCUT2D eigenvalue weighted by molar-refractivity contribution is 0.0513. The number of nitrogens with zero attached hydrogens (tertiary/aromatic N) is 4. The molecule has 0 saturated carbocycles. The van der Waals surface area contributed by atoms with E-state index >= 15 is 0 Å². The van der Waals surface area contributed by atoms with Crippen LogP contribution in [0, 0.1) is 19.3 Å². The molecule has 12 heteroatoms. The molecule has 266 valence electrons. The summed E-state index contributed by atoms with van der Waals surface area (Å²) in [4.78, 5) is 29.9. The molecule has 4 bridgehead atoms. The molecule has 3 aromatic carbocycles. The van der Waals surface area contributed by atoms with E-state index in [0.717, 1.165) is 33.5 Å². The summed E-state index contributed by atoms with van der Waals surface area (Å²) < 4.78 is 42.1. The molecule has 2 aromatic heterocycles. The van der Waals surface area contributed by atoms with Gasteiger partial charge in [-0.15, -0.1) is 0 Å². The van der Waals surface area contributed by atoms with Gasteiger partial charge in [0.15, 0.2) is 0 Å². The predicted molar refractivity (Wildman–Crippen MR) is 201 cm³/mol. The maximum Gasteiger partial charge on any atom is 0.273 e. The van der Waals surface area contributed by atoms with Crippen molar-refractivity contribution in [2.24, 2.45) is 5.41 Å². The number of rotatable bonds is 7. The van der Waals surface area contributed by atoms with Crippen LogP contribution in [0.3, 0.4) is 0 Å². The van der Waals surface area contributed by atoms with E-state index in [9.17, 15) is 13.2 Å². The van der Waals surface area contributed by atoms with Crippen molar-refractivity contribution in [2.75, 3.05) is 11.3 Å². The molecule has 1 aliphatic rings. The molecule has 1 atom stereocenters. The highest BCUT2D eigenvalue weighted by molar-refractivity contribution is 7.92. The average molecular weight is 726 g/mol. The Morgan fingerprint density at radius 3 is 2.33 bits per heavy atom. The molecular weight excluding hydrogens is 683 g/mol. The van der Waals surface area contributed by atoms with Crippen molar-refractivity contribution in [3.8, 4) is 33.6 Å². The topological polar surface area (TPSA) is 124 Å². The minimum atomic E-state index is -4.17. The summed E-state index contributed by atoms with van der Waals surface area (Å²) in [6, 6.07) is 21.3. The number of fused-ring (bicyclic) bond motifs is 4. The lowest BCUT2D eigenvalue weighted by Gasteiger charge is -2.36. The number of ether oxygens (including phenoxy) is 2. The third kappa shape index (κ3) is 8.57. The third-order valence-corrected chi connectivity index (χ3v) is 10.5. The first-order valence-electron chi connectivity index (χ1n) is 16.9. The van der Waals surface area contributed by atoms with Crippen molar-refractivity contribution in [3.63, 3.8) is 0 Å². The number of hydrogen-bond acceptors (Lipinski definition) is 9. The monoisotopic (exact) mass is 725 g/mol. The van der Waals surface area contributed by atoms with E-state index in [1.807, 2.05) is 75.5 Å². The van der Waals surface area contributed by atoms with E-state index in [1.54, 1.807) is 23.1 Å². The third-order valence-electron chi connectivity index (χ3n) is 8.45. The standard InChI is InChI=1S/C39H43N5O5S2/c1-24(2)49-38-41-33(23-50-38)28-16-14-27(15-17-28)21-44-30(20-39(5,6)7)22-48-34-19-32(35-25(3)10-8-11-26(35)4)40-37(42-34)43-51(46,47)31-13-9-12-29(18-31)36(44)45/h8-19,23-24,30H,20-22H2,1-7H3,(H,40,42,43)/t30-/m1/s1. The van der Waals surface area contributed by atoms with Crippen LogP contribution >= 0.6 is 11.3 Å². The zero-order chi connectivity index (χ0) is 36.5. The summed E-state index contributed by atoms with van der Waals surface area (Å²) in [5, 5.41) is 2.58. The van der Waals surface area contributed by atoms with Gasteiger partial charge in [-0.05, 0) is 74.4 Å². The van der Waals surface area contributed by atoms with Crippen molar-refractivity contribution >= 4 is 33.2 Å². The number of aryl methyl sites for hydroxylation is 2. The first-order chi connectivity index (χ1) is 24.1. The van der Waals surface area contributed by atoms with Crippen LogP contribution in [-0.2, 0) is 16.6 Å². The Kier molecular flexibility index (Phi) is 10.2. The van der Waals surface area contributed by atoms with Gasteiger partial charge in [0.2, 0.25) is 11.8 Å². The van der Waals surface area contributed by atoms with Crippen molar-refractivity contribution in [1.82, 2.24) is 19.9 Å². The number of carbonyl (C=O) groups excluding carboxylic acids is 1. The van der Waals surface area contributed by atoms with Crippen LogP contribution in [0.5, 0.6) is 11.1 Å². The van der Waals surface area contributed by atoms with Gasteiger partial charge < -0.3 is 14.4 Å². The van der Waals surface area contributed by atoms with Crippen LogP contribution in [0.4, 0.5) is 5.95 Å². The number of amides is 1. The van der Waals surface area contributed by atoms with Crippen LogP contribution < -0.4 is 14.2 Å². The molecule has 6 rings (SSSR count). The molecule has 51 heavy (non-hydrogen) atoms. The largest absolute Gasteiger partial charge is 0.475 e. The Morgan fingerprint density at radius 1 is 0.941 bits per heavy atom. The molecule has 1 N–H and O–H groups in total. The number of thiazole rings is 1. The summed E-state index contributed by atoms with van der Waals surface area (Å²) in [7, 11) is -4.17. The van der Waals surface area contributed by atoms with Crippen LogP contribution in [0.2, 0.25) is 0 Å². The molecule has 0 unspecified atom stereocenters. The number of hydrogen-bond donors (Lipinski definition) is 1. The molecule has 0 saturated heterocycles. The number of benzene rings is 3. The highest BCUT2D eigenvalue weighted by atomic mass is 32.2. The van der Waals surface area contributed by atoms with E-state index in [1.165, 1.54) is 23.5 Å². The SMILES string of the molecule is Cc1cccc(C)c1-c1cc2nc(n1)NS(=O)(=O)c1cccc(c1)C(=O)N(Cc1ccc(-c3csc(OC(C)C)n3)cc1)[C@H](CC(C)(C)C)CO2. The zero-order valence-electron chi connectivity index (χ0n) is 29.9. The minimum Gasteiger partial charge on any atom is -0.475 e. The van der Waals surface area contributed by atoms with Gasteiger partial charge in [0.05, 0.1) is 28.4 Å². The van der Waals surface area contributed by atoms with Gasteiger partial charge in [0, 0.05) is 34.7 Å². The molecule has 0 spiro atoms. The van der Waals surface area contributed by atoms with E-state index in [2.05, 4.69) is 40.4 Å². The first-order valence-corrected chi connectivity index (χ1v) is 19.3. The van der Waals surface area contributed by atoms with Crippen LogP contribution in [-0.4, -0.2) is 52.9 Å². The van der Waals surface area contributed by atoms with E-state index in [-0.39, 0.29) is 52.9 Å². The zero-order valence-corrected chi connectivity index (χ0v) is 31.6. The van der Waals surface area contributed by atoms with Crippen molar-refractivity contribution in [2.45, 2.75) is 78.5 Å². The molecule has 0 fully saturated rings. The molecule has 1 amide bonds. The maximum absolute atomic E-state index is 14.5. The van der Waals surface area contributed by atoms with Gasteiger partial charge >= 0.3 is 0 Å². The molecule has 0 radical (unpaired) electrons. The average Bonchev–Trinajstić information content (AvgIpc) is 3.52. The number of sulfonamides is 1. The van der Waals surface area contributed by atoms with Gasteiger partial charge in [0.25, 0.3) is 21.1 Å². The fraction of sp³-hybridized carbons (Fsp3) is 0.333. The smallest absolute Gasteiger partial charge is 0.273 e. The normalized spacial score (nSPS) is 16.0. The molecule has 3 heterocycles. The second-order valence-corrected chi connectivity index (χ2v) is 16.8. The maximum atomic E-state index is 14.5. The molecule has 5 aromatic rings. The van der Waals surface area contributed by atoms with Gasteiger partial charge in [-0.2, -0.15) is 4.98 Å². The van der Waals surface area contributed by atoms with Gasteiger partial charge in [-0.3, -0.25) is 4.79 Å². The summed E-state index contributed by atoms with van der Waals surface area (Å²) in [5.41, 5.74) is 6.06. The lowest BCUT2D eigenvalue weighted by atomic mass is 9.87. The Balaban J connectivity index is 1.42. The predicted octanol–water partition coefficient (Wildman–Crippen LogP) is 8.31. The Morgan fingerprint density at radius 2 is 1.65 bits per heavy atom. The first kappa shape index (κ1) is 36.0. The van der Waals surface area contributed by atoms with Crippen molar-refractivity contribution < 1.29 is 22.7 Å². The minimum absolute atomic E-state index is 0.0334. The quantitative estimate of drug-likeness (QED) is 0.178. The van der Waals surface area contributed by atoms with Gasteiger partial charge in [-0.1, -0.05) is 80.6 Å². The number of aromatic nitrogens is 3. The van der Waals surface area contributed by atoms with Gasteiger partial charge in [-0.25, -0.2) is 23.1 Å². The number of carbonyl (C=O) groups is 1. The number of anilines is 1. The molecule has 0 aliphatic carbocycles. The summed E-state index contributed by atoms with van der Waals surface area (Å²) in [5.74, 6) is -0.225. The summed E-state index contributed by atoms with van der Waals surface area (Å²) >= 11 is 1.45. The molecule has 10 nitrogen and oxygen atoms in total. The van der Waals surface area contributed by atoms with E-state index in [4.69, 9.17) is 9.47 Å². The van der Waals surface area contributed by atoms with E-state index < -0.39 is 16.1 Å². The van der Waals surface area contributed by atoms with Crippen LogP contribution in [0.15, 0.2) is 83.1 Å². The Hall–Kier alpha value is -4.81. The highest BCUT2D eigenvalue weighted by Crippen LogP contribution is 2.33. The summed E-state index contributed by atoms with van der Waals surface area (Å²) in [6.07, 6.45) is 0.637. The second-order valence-electron chi connectivity index (χ2n) is 14.3. The fourth-order valence-corrected chi connectivity index (χ4v) is 7.96. The second kappa shape index (κ2) is 14.4. The van der Waals surface area contributed by atoms with Crippen LogP contribution in [0.1, 0.15) is 68.1 Å². The fourth-order valence-electron chi connectivity index (χ4n) is 6.17.